The third-order valence-electron chi connectivity index (χ3n) is 1.45. The first kappa shape index (κ1) is 7.88. The highest BCUT2D eigenvalue weighted by Crippen LogP contribution is 2.06. The van der Waals surface area contributed by atoms with Gasteiger partial charge in [-0.2, -0.15) is 0 Å². The van der Waals surface area contributed by atoms with E-state index in [2.05, 4.69) is 21.9 Å². The van der Waals surface area contributed by atoms with Crippen LogP contribution in [0, 0.1) is 0 Å². The third kappa shape index (κ3) is 1.85. The Kier molecular flexibility index (Phi) is 2.74. The van der Waals surface area contributed by atoms with Crippen molar-refractivity contribution in [3.05, 3.63) is 36.9 Å². The maximum Gasteiger partial charge on any atom is 0.0795 e. The molecule has 0 saturated heterocycles. The van der Waals surface area contributed by atoms with Crippen molar-refractivity contribution < 1.29 is 0 Å². The van der Waals surface area contributed by atoms with Gasteiger partial charge < -0.3 is 5.32 Å². The average molecular weight is 149 g/mol. The predicted molar refractivity (Wildman–Crippen MR) is 44.0 cm³/mol. The van der Waals surface area contributed by atoms with Gasteiger partial charge in [0.2, 0.25) is 0 Å². The summed E-state index contributed by atoms with van der Waals surface area (Å²) < 4.78 is 0. The summed E-state index contributed by atoms with van der Waals surface area (Å²) in [5, 5.41) is 3.05. The molecule has 0 aliphatic carbocycles. The lowest BCUT2D eigenvalue weighted by Crippen LogP contribution is -2.14. The molecule has 1 aromatic rings. The number of nitrogens with zero attached hydrogens (tertiary/aromatic N) is 2. The van der Waals surface area contributed by atoms with Gasteiger partial charge in [-0.15, -0.1) is 6.58 Å². The van der Waals surface area contributed by atoms with Crippen LogP contribution in [-0.4, -0.2) is 17.0 Å². The summed E-state index contributed by atoms with van der Waals surface area (Å²) in [5.41, 5.74) is 0.894. The molecule has 0 bridgehead atoms. The summed E-state index contributed by atoms with van der Waals surface area (Å²) in [6, 6.07) is 0.101. The Labute approximate surface area is 66.2 Å². The van der Waals surface area contributed by atoms with E-state index in [1.807, 2.05) is 7.05 Å². The van der Waals surface area contributed by atoms with Crippen LogP contribution in [0.15, 0.2) is 31.2 Å². The van der Waals surface area contributed by atoms with Crippen molar-refractivity contribution in [1.29, 1.82) is 0 Å². The molecule has 11 heavy (non-hydrogen) atoms. The lowest BCUT2D eigenvalue weighted by molar-refractivity contribution is 0.689. The molecule has 0 amide bonds. The summed E-state index contributed by atoms with van der Waals surface area (Å²) in [7, 11) is 1.86. The maximum absolute atomic E-state index is 4.12. The molecule has 0 spiro atoms. The fourth-order valence-corrected chi connectivity index (χ4v) is 0.858. The van der Waals surface area contributed by atoms with Gasteiger partial charge in [0, 0.05) is 12.4 Å². The van der Waals surface area contributed by atoms with Gasteiger partial charge in [0.15, 0.2) is 0 Å². The first-order valence-electron chi connectivity index (χ1n) is 3.44. The molecule has 3 nitrogen and oxygen atoms in total. The topological polar surface area (TPSA) is 37.8 Å². The summed E-state index contributed by atoms with van der Waals surface area (Å²) in [5.74, 6) is 0. The second-order valence-corrected chi connectivity index (χ2v) is 2.13. The van der Waals surface area contributed by atoms with Crippen LogP contribution in [0.5, 0.6) is 0 Å². The van der Waals surface area contributed by atoms with Crippen LogP contribution in [0.2, 0.25) is 0 Å². The molecule has 0 aliphatic rings. The van der Waals surface area contributed by atoms with Crippen molar-refractivity contribution in [2.24, 2.45) is 0 Å². The van der Waals surface area contributed by atoms with Gasteiger partial charge in [-0.05, 0) is 7.05 Å². The molecule has 1 N–H and O–H groups in total. The number of hydrogen-bond acceptors (Lipinski definition) is 3. The quantitative estimate of drug-likeness (QED) is 0.649. The smallest absolute Gasteiger partial charge is 0.0795 e. The van der Waals surface area contributed by atoms with Gasteiger partial charge in [-0.3, -0.25) is 9.97 Å². The normalized spacial score (nSPS) is 12.5. The van der Waals surface area contributed by atoms with Gasteiger partial charge >= 0.3 is 0 Å². The number of hydrogen-bond donors (Lipinski definition) is 1. The number of aromatic nitrogens is 2. The van der Waals surface area contributed by atoms with Gasteiger partial charge in [0.05, 0.1) is 17.9 Å². The fourth-order valence-electron chi connectivity index (χ4n) is 0.858. The molecule has 1 heterocycles. The molecule has 1 atom stereocenters. The van der Waals surface area contributed by atoms with Gasteiger partial charge in [0.25, 0.3) is 0 Å². The van der Waals surface area contributed by atoms with Gasteiger partial charge in [0.1, 0.15) is 0 Å². The highest BCUT2D eigenvalue weighted by Gasteiger charge is 2.03. The third-order valence-corrected chi connectivity index (χ3v) is 1.45. The number of likely N-dealkylation sites (N-methyl/N-ethyl adjacent to an activating group) is 1. The molecule has 58 valence electrons. The minimum absolute atomic E-state index is 0.101. The molecule has 0 aliphatic heterocycles. The minimum atomic E-state index is 0.101. The van der Waals surface area contributed by atoms with Crippen LogP contribution in [0.3, 0.4) is 0 Å². The van der Waals surface area contributed by atoms with Crippen molar-refractivity contribution in [1.82, 2.24) is 15.3 Å². The van der Waals surface area contributed by atoms with Crippen LogP contribution in [-0.2, 0) is 0 Å². The summed E-state index contributed by atoms with van der Waals surface area (Å²) in [6.45, 7) is 3.68. The van der Waals surface area contributed by atoms with E-state index in [0.29, 0.717) is 0 Å². The van der Waals surface area contributed by atoms with E-state index >= 15 is 0 Å². The van der Waals surface area contributed by atoms with E-state index in [9.17, 15) is 0 Å². The van der Waals surface area contributed by atoms with E-state index in [1.165, 1.54) is 0 Å². The Morgan fingerprint density at radius 3 is 2.91 bits per heavy atom. The molecule has 3 heteroatoms. The summed E-state index contributed by atoms with van der Waals surface area (Å²) in [4.78, 5) is 8.08. The predicted octanol–water partition coefficient (Wildman–Crippen LogP) is 0.923. The summed E-state index contributed by atoms with van der Waals surface area (Å²) in [6.07, 6.45) is 6.84. The van der Waals surface area contributed by atoms with Crippen molar-refractivity contribution in [3.8, 4) is 0 Å². The largest absolute Gasteiger partial charge is 0.308 e. The number of nitrogens with one attached hydrogen (secondary N) is 1. The second-order valence-electron chi connectivity index (χ2n) is 2.13. The van der Waals surface area contributed by atoms with Crippen molar-refractivity contribution in [3.63, 3.8) is 0 Å². The van der Waals surface area contributed by atoms with Gasteiger partial charge in [-0.1, -0.05) is 6.08 Å². The molecule has 0 fully saturated rings. The van der Waals surface area contributed by atoms with Gasteiger partial charge in [-0.25, -0.2) is 0 Å². The molecule has 0 aromatic carbocycles. The number of rotatable bonds is 3. The van der Waals surface area contributed by atoms with Crippen LogP contribution in [0.1, 0.15) is 11.7 Å². The SMILES string of the molecule is C=CC(NC)c1cnccn1. The zero-order chi connectivity index (χ0) is 8.10. The van der Waals surface area contributed by atoms with Crippen LogP contribution >= 0.6 is 0 Å². The molecule has 1 aromatic heterocycles. The molecule has 1 unspecified atom stereocenters. The minimum Gasteiger partial charge on any atom is -0.308 e. The Morgan fingerprint density at radius 2 is 2.45 bits per heavy atom. The Balaban J connectivity index is 2.82. The van der Waals surface area contributed by atoms with E-state index in [-0.39, 0.29) is 6.04 Å². The van der Waals surface area contributed by atoms with E-state index < -0.39 is 0 Å². The molecule has 0 saturated carbocycles. The Morgan fingerprint density at radius 1 is 1.64 bits per heavy atom. The highest BCUT2D eigenvalue weighted by molar-refractivity contribution is 5.08. The zero-order valence-electron chi connectivity index (χ0n) is 6.49. The van der Waals surface area contributed by atoms with Crippen LogP contribution in [0.4, 0.5) is 0 Å². The lowest BCUT2D eigenvalue weighted by Gasteiger charge is -2.08. The molecule has 1 rings (SSSR count). The standard InChI is InChI=1S/C8H11N3/c1-3-7(9-2)8-6-10-4-5-11-8/h3-7,9H,1H2,2H3. The summed E-state index contributed by atoms with van der Waals surface area (Å²) >= 11 is 0. The monoisotopic (exact) mass is 149 g/mol. The molecular formula is C8H11N3. The Hall–Kier alpha value is -1.22. The van der Waals surface area contributed by atoms with Crippen LogP contribution < -0.4 is 5.32 Å². The van der Waals surface area contributed by atoms with Crippen molar-refractivity contribution >= 4 is 0 Å². The van der Waals surface area contributed by atoms with Crippen molar-refractivity contribution in [2.75, 3.05) is 7.05 Å². The Bertz CT molecular complexity index is 220. The lowest BCUT2D eigenvalue weighted by atomic mass is 10.2. The molecule has 0 radical (unpaired) electrons. The maximum atomic E-state index is 4.12. The first-order valence-corrected chi connectivity index (χ1v) is 3.44. The first-order chi connectivity index (χ1) is 5.38. The highest BCUT2D eigenvalue weighted by atomic mass is 14.9. The van der Waals surface area contributed by atoms with E-state index in [1.54, 1.807) is 24.7 Å². The van der Waals surface area contributed by atoms with E-state index in [0.717, 1.165) is 5.69 Å². The van der Waals surface area contributed by atoms with Crippen LogP contribution in [0.25, 0.3) is 0 Å². The fraction of sp³-hybridized carbons (Fsp3) is 0.250. The molecular weight excluding hydrogens is 138 g/mol. The van der Waals surface area contributed by atoms with E-state index in [4.69, 9.17) is 0 Å². The zero-order valence-corrected chi connectivity index (χ0v) is 6.49. The second kappa shape index (κ2) is 3.83. The average Bonchev–Trinajstić information content (AvgIpc) is 2.09. The van der Waals surface area contributed by atoms with Crippen molar-refractivity contribution in [2.45, 2.75) is 6.04 Å².